The number of Topliss-reactive ketones (excluding diaryl/α,β-unsaturated/α-hetero) is 1. The molecule has 104 valence electrons. The highest BCUT2D eigenvalue weighted by Gasteiger charge is 2.07. The van der Waals surface area contributed by atoms with Gasteiger partial charge in [0.05, 0.1) is 0 Å². The number of thioether (sulfide) groups is 1. The molecule has 0 spiro atoms. The minimum atomic E-state index is -0.450. The van der Waals surface area contributed by atoms with Crippen LogP contribution in [0.3, 0.4) is 0 Å². The molecule has 0 saturated carbocycles. The standard InChI is InChI=1S/C16H14F2OS/c17-13-8-9-14(18)16(11-13)20-10-4-7-15(19)12-5-2-1-3-6-12/h1-3,5-6,8-9,11H,4,7,10H2. The molecule has 0 unspecified atom stereocenters. The molecule has 0 bridgehead atoms. The lowest BCUT2D eigenvalue weighted by atomic mass is 10.1. The zero-order valence-electron chi connectivity index (χ0n) is 10.8. The first kappa shape index (κ1) is 14.7. The highest BCUT2D eigenvalue weighted by Crippen LogP contribution is 2.23. The Balaban J connectivity index is 1.79. The van der Waals surface area contributed by atoms with Crippen molar-refractivity contribution >= 4 is 17.5 Å². The maximum absolute atomic E-state index is 13.4. The minimum absolute atomic E-state index is 0.0749. The van der Waals surface area contributed by atoms with E-state index < -0.39 is 11.6 Å². The van der Waals surface area contributed by atoms with E-state index in [1.165, 1.54) is 17.8 Å². The van der Waals surface area contributed by atoms with Crippen LogP contribution in [0.15, 0.2) is 53.4 Å². The zero-order valence-corrected chi connectivity index (χ0v) is 11.6. The molecule has 0 atom stereocenters. The third kappa shape index (κ3) is 4.17. The van der Waals surface area contributed by atoms with Crippen molar-refractivity contribution in [2.75, 3.05) is 5.75 Å². The summed E-state index contributed by atoms with van der Waals surface area (Å²) < 4.78 is 26.3. The number of carbonyl (C=O) groups excluding carboxylic acids is 1. The van der Waals surface area contributed by atoms with Crippen LogP contribution in [0.5, 0.6) is 0 Å². The summed E-state index contributed by atoms with van der Waals surface area (Å²) in [6.45, 7) is 0. The van der Waals surface area contributed by atoms with Gasteiger partial charge in [-0.05, 0) is 30.4 Å². The summed E-state index contributed by atoms with van der Waals surface area (Å²) in [5, 5.41) is 0. The Morgan fingerprint density at radius 2 is 1.80 bits per heavy atom. The van der Waals surface area contributed by atoms with Gasteiger partial charge in [0, 0.05) is 16.9 Å². The molecule has 0 aliphatic carbocycles. The fourth-order valence-corrected chi connectivity index (χ4v) is 2.68. The van der Waals surface area contributed by atoms with Gasteiger partial charge >= 0.3 is 0 Å². The molecule has 0 aliphatic heterocycles. The van der Waals surface area contributed by atoms with Gasteiger partial charge in [0.1, 0.15) is 11.6 Å². The van der Waals surface area contributed by atoms with Crippen molar-refractivity contribution in [3.05, 3.63) is 65.7 Å². The molecular formula is C16H14F2OS. The number of benzene rings is 2. The average molecular weight is 292 g/mol. The van der Waals surface area contributed by atoms with Crippen LogP contribution < -0.4 is 0 Å². The lowest BCUT2D eigenvalue weighted by Crippen LogP contribution is -1.99. The SMILES string of the molecule is O=C(CCCSc1cc(F)ccc1F)c1ccccc1. The van der Waals surface area contributed by atoms with Gasteiger partial charge in [-0.1, -0.05) is 30.3 Å². The molecule has 0 aromatic heterocycles. The summed E-state index contributed by atoms with van der Waals surface area (Å²) >= 11 is 1.23. The Labute approximate surface area is 121 Å². The second-order valence-corrected chi connectivity index (χ2v) is 5.45. The van der Waals surface area contributed by atoms with Crippen LogP contribution in [0.2, 0.25) is 0 Å². The van der Waals surface area contributed by atoms with Crippen molar-refractivity contribution in [1.29, 1.82) is 0 Å². The van der Waals surface area contributed by atoms with Crippen LogP contribution in [0.25, 0.3) is 0 Å². The van der Waals surface area contributed by atoms with Gasteiger partial charge in [0.15, 0.2) is 5.78 Å². The predicted molar refractivity (Wildman–Crippen MR) is 77.1 cm³/mol. The van der Waals surface area contributed by atoms with E-state index in [2.05, 4.69) is 0 Å². The molecular weight excluding hydrogens is 278 g/mol. The highest BCUT2D eigenvalue weighted by molar-refractivity contribution is 7.99. The van der Waals surface area contributed by atoms with Crippen LogP contribution >= 0.6 is 11.8 Å². The quantitative estimate of drug-likeness (QED) is 0.435. The second kappa shape index (κ2) is 7.20. The van der Waals surface area contributed by atoms with Gasteiger partial charge in [0.2, 0.25) is 0 Å². The largest absolute Gasteiger partial charge is 0.294 e. The predicted octanol–water partition coefficient (Wildman–Crippen LogP) is 4.72. The molecule has 0 aliphatic rings. The summed E-state index contributed by atoms with van der Waals surface area (Å²) in [4.78, 5) is 12.1. The minimum Gasteiger partial charge on any atom is -0.294 e. The molecule has 0 radical (unpaired) electrons. The van der Waals surface area contributed by atoms with Crippen molar-refractivity contribution in [2.45, 2.75) is 17.7 Å². The third-order valence-corrected chi connectivity index (χ3v) is 3.91. The Morgan fingerprint density at radius 3 is 2.55 bits per heavy atom. The van der Waals surface area contributed by atoms with Crippen molar-refractivity contribution in [3.63, 3.8) is 0 Å². The van der Waals surface area contributed by atoms with Crippen LogP contribution in [0.1, 0.15) is 23.2 Å². The highest BCUT2D eigenvalue weighted by atomic mass is 32.2. The molecule has 0 amide bonds. The maximum atomic E-state index is 13.4. The first-order chi connectivity index (χ1) is 9.66. The Bertz CT molecular complexity index is 584. The van der Waals surface area contributed by atoms with E-state index in [0.29, 0.717) is 24.2 Å². The number of ketones is 1. The Morgan fingerprint density at radius 1 is 1.05 bits per heavy atom. The van der Waals surface area contributed by atoms with Gasteiger partial charge < -0.3 is 0 Å². The summed E-state index contributed by atoms with van der Waals surface area (Å²) in [6.07, 6.45) is 1.04. The lowest BCUT2D eigenvalue weighted by Gasteiger charge is -2.03. The van der Waals surface area contributed by atoms with E-state index >= 15 is 0 Å². The van der Waals surface area contributed by atoms with Crippen LogP contribution in [-0.4, -0.2) is 11.5 Å². The van der Waals surface area contributed by atoms with Crippen molar-refractivity contribution in [3.8, 4) is 0 Å². The first-order valence-corrected chi connectivity index (χ1v) is 7.31. The molecule has 1 nitrogen and oxygen atoms in total. The normalized spacial score (nSPS) is 10.5. The second-order valence-electron chi connectivity index (χ2n) is 4.32. The van der Waals surface area contributed by atoms with E-state index in [1.54, 1.807) is 12.1 Å². The third-order valence-electron chi connectivity index (χ3n) is 2.79. The molecule has 2 aromatic carbocycles. The average Bonchev–Trinajstić information content (AvgIpc) is 2.47. The van der Waals surface area contributed by atoms with Gasteiger partial charge in [-0.15, -0.1) is 11.8 Å². The van der Waals surface area contributed by atoms with E-state index in [-0.39, 0.29) is 10.7 Å². The smallest absolute Gasteiger partial charge is 0.162 e. The molecule has 4 heteroatoms. The molecule has 0 fully saturated rings. The van der Waals surface area contributed by atoms with Crippen LogP contribution in [-0.2, 0) is 0 Å². The van der Waals surface area contributed by atoms with E-state index in [1.807, 2.05) is 18.2 Å². The summed E-state index contributed by atoms with van der Waals surface area (Å²) in [6, 6.07) is 12.5. The van der Waals surface area contributed by atoms with Gasteiger partial charge in [0.25, 0.3) is 0 Å². The zero-order chi connectivity index (χ0) is 14.4. The van der Waals surface area contributed by atoms with Crippen molar-refractivity contribution in [1.82, 2.24) is 0 Å². The number of rotatable bonds is 6. The number of hydrogen-bond donors (Lipinski definition) is 0. The molecule has 0 saturated heterocycles. The van der Waals surface area contributed by atoms with E-state index in [9.17, 15) is 13.6 Å². The van der Waals surface area contributed by atoms with Gasteiger partial charge in [-0.3, -0.25) is 4.79 Å². The maximum Gasteiger partial charge on any atom is 0.162 e. The van der Waals surface area contributed by atoms with Crippen LogP contribution in [0, 0.1) is 11.6 Å². The molecule has 20 heavy (non-hydrogen) atoms. The summed E-state index contributed by atoms with van der Waals surface area (Å²) in [7, 11) is 0. The van der Waals surface area contributed by atoms with Crippen molar-refractivity contribution < 1.29 is 13.6 Å². The Kier molecular flexibility index (Phi) is 5.30. The fraction of sp³-hybridized carbons (Fsp3) is 0.188. The molecule has 0 heterocycles. The monoisotopic (exact) mass is 292 g/mol. The van der Waals surface area contributed by atoms with Gasteiger partial charge in [-0.2, -0.15) is 0 Å². The number of carbonyl (C=O) groups is 1. The molecule has 2 rings (SSSR count). The fourth-order valence-electron chi connectivity index (χ4n) is 1.77. The molecule has 2 aromatic rings. The summed E-state index contributed by atoms with van der Waals surface area (Å²) in [5.41, 5.74) is 0.689. The lowest BCUT2D eigenvalue weighted by molar-refractivity contribution is 0.0982. The number of halogens is 2. The van der Waals surface area contributed by atoms with Gasteiger partial charge in [-0.25, -0.2) is 8.78 Å². The molecule has 0 N–H and O–H groups in total. The van der Waals surface area contributed by atoms with Crippen molar-refractivity contribution in [2.24, 2.45) is 0 Å². The topological polar surface area (TPSA) is 17.1 Å². The van der Waals surface area contributed by atoms with E-state index in [4.69, 9.17) is 0 Å². The van der Waals surface area contributed by atoms with E-state index in [0.717, 1.165) is 12.1 Å². The number of hydrogen-bond acceptors (Lipinski definition) is 2. The van der Waals surface area contributed by atoms with Crippen LogP contribution in [0.4, 0.5) is 8.78 Å². The summed E-state index contributed by atoms with van der Waals surface area (Å²) in [5.74, 6) is -0.218. The Hall–Kier alpha value is -1.68. The first-order valence-electron chi connectivity index (χ1n) is 6.33.